The molecule has 5 rings (SSSR count). The second-order valence-electron chi connectivity index (χ2n) is 8.41. The van der Waals surface area contributed by atoms with Crippen LogP contribution in [-0.4, -0.2) is 35.0 Å². The monoisotopic (exact) mass is 448 g/mol. The highest BCUT2D eigenvalue weighted by atomic mass is 32.2. The van der Waals surface area contributed by atoms with Crippen molar-refractivity contribution in [3.63, 3.8) is 0 Å². The maximum absolute atomic E-state index is 13.0. The van der Waals surface area contributed by atoms with Crippen LogP contribution in [-0.2, 0) is 26.7 Å². The largest absolute Gasteiger partial charge is 0.489 e. The van der Waals surface area contributed by atoms with Gasteiger partial charge in [-0.2, -0.15) is 0 Å². The van der Waals surface area contributed by atoms with Crippen molar-refractivity contribution in [2.45, 2.75) is 31.5 Å². The minimum absolute atomic E-state index is 0.0751. The Labute approximate surface area is 193 Å². The lowest BCUT2D eigenvalue weighted by Crippen LogP contribution is -2.30. The normalized spacial score (nSPS) is 15.3. The minimum atomic E-state index is -0.0751. The van der Waals surface area contributed by atoms with Gasteiger partial charge in [-0.25, -0.2) is 4.31 Å². The van der Waals surface area contributed by atoms with E-state index in [0.717, 1.165) is 47.2 Å². The van der Waals surface area contributed by atoms with Gasteiger partial charge in [0.1, 0.15) is 18.1 Å². The van der Waals surface area contributed by atoms with Crippen LogP contribution >= 0.6 is 11.9 Å². The van der Waals surface area contributed by atoms with E-state index in [2.05, 4.69) is 58.8 Å². The lowest BCUT2D eigenvalue weighted by Gasteiger charge is -2.29. The first-order chi connectivity index (χ1) is 15.5. The van der Waals surface area contributed by atoms with Crippen LogP contribution in [0.15, 0.2) is 53.4 Å². The van der Waals surface area contributed by atoms with Gasteiger partial charge in [0.2, 0.25) is 0 Å². The van der Waals surface area contributed by atoms with Gasteiger partial charge in [-0.3, -0.25) is 4.79 Å². The molecule has 0 atom stereocenters. The molecule has 2 aliphatic rings. The van der Waals surface area contributed by atoms with E-state index >= 15 is 0 Å². The summed E-state index contributed by atoms with van der Waals surface area (Å²) in [5, 5.41) is 3.09. The molecule has 0 saturated heterocycles. The molecule has 0 fully saturated rings. The number of carbonyl (C=O) groups is 1. The van der Waals surface area contributed by atoms with Gasteiger partial charge in [0.05, 0.1) is 12.2 Å². The Morgan fingerprint density at radius 3 is 2.59 bits per heavy atom. The molecule has 0 radical (unpaired) electrons. The highest BCUT2D eigenvalue weighted by Gasteiger charge is 2.23. The molecular formula is C25H28N4O2S. The van der Waals surface area contributed by atoms with Crippen LogP contribution in [0.3, 0.4) is 0 Å². The third-order valence-electron chi connectivity index (χ3n) is 6.36. The third-order valence-corrected chi connectivity index (χ3v) is 7.49. The molecule has 6 nitrogen and oxygen atoms in total. The summed E-state index contributed by atoms with van der Waals surface area (Å²) in [6, 6.07) is 16.7. The van der Waals surface area contributed by atoms with Crippen molar-refractivity contribution in [1.29, 1.82) is 0 Å². The first-order valence-corrected chi connectivity index (χ1v) is 11.7. The van der Waals surface area contributed by atoms with Crippen LogP contribution in [0, 0.1) is 6.92 Å². The molecule has 0 saturated carbocycles. The fourth-order valence-electron chi connectivity index (χ4n) is 4.34. The van der Waals surface area contributed by atoms with Crippen LogP contribution in [0.1, 0.15) is 32.9 Å². The Bertz CT molecular complexity index is 1150. The van der Waals surface area contributed by atoms with Gasteiger partial charge in [0.15, 0.2) is 0 Å². The van der Waals surface area contributed by atoms with E-state index < -0.39 is 0 Å². The van der Waals surface area contributed by atoms with E-state index in [1.807, 2.05) is 29.8 Å². The molecule has 0 spiro atoms. The number of benzene rings is 2. The topological polar surface area (TPSA) is 49.7 Å². The van der Waals surface area contributed by atoms with Crippen molar-refractivity contribution in [1.82, 2.24) is 14.2 Å². The average Bonchev–Trinajstić information content (AvgIpc) is 3.33. The predicted molar refractivity (Wildman–Crippen MR) is 128 cm³/mol. The third kappa shape index (κ3) is 3.87. The van der Waals surface area contributed by atoms with E-state index in [1.165, 1.54) is 11.1 Å². The van der Waals surface area contributed by atoms with Gasteiger partial charge < -0.3 is 19.5 Å². The van der Waals surface area contributed by atoms with E-state index in [9.17, 15) is 4.79 Å². The number of anilines is 1. The minimum Gasteiger partial charge on any atom is -0.489 e. The van der Waals surface area contributed by atoms with E-state index in [1.54, 1.807) is 11.9 Å². The number of amides is 1. The Kier molecular flexibility index (Phi) is 5.61. The van der Waals surface area contributed by atoms with Gasteiger partial charge >= 0.3 is 0 Å². The lowest BCUT2D eigenvalue weighted by molar-refractivity contribution is 0.0942. The molecule has 0 aliphatic carbocycles. The Hall–Kier alpha value is -2.90. The summed E-state index contributed by atoms with van der Waals surface area (Å²) < 4.78 is 10.2. The number of likely N-dealkylation sites (N-methyl/N-ethyl adjacent to an activating group) is 1. The zero-order chi connectivity index (χ0) is 22.2. The van der Waals surface area contributed by atoms with Crippen LogP contribution in [0.2, 0.25) is 0 Å². The Morgan fingerprint density at radius 1 is 1.09 bits per heavy atom. The van der Waals surface area contributed by atoms with Crippen LogP contribution in [0.25, 0.3) is 0 Å². The van der Waals surface area contributed by atoms with Crippen molar-refractivity contribution in [3.8, 4) is 5.75 Å². The maximum Gasteiger partial charge on any atom is 0.268 e. The van der Waals surface area contributed by atoms with Crippen molar-refractivity contribution in [2.75, 3.05) is 25.1 Å². The molecule has 2 aromatic carbocycles. The van der Waals surface area contributed by atoms with Gasteiger partial charge in [-0.1, -0.05) is 36.4 Å². The van der Waals surface area contributed by atoms with Crippen molar-refractivity contribution < 1.29 is 9.53 Å². The maximum atomic E-state index is 13.0. The number of ether oxygens (including phenoxy) is 1. The van der Waals surface area contributed by atoms with Gasteiger partial charge in [-0.15, -0.1) is 0 Å². The standard InChI is InChI=1S/C25H28N4O2S/c1-17-23(32-29-15-19-7-4-5-8-20(19)16-29)13-22(28(17)3)25(30)26-14-18-9-6-10-21-24(18)31-12-11-27(21)2/h4-10,13H,11-12,14-16H2,1-3H3,(H,26,30). The molecular weight excluding hydrogens is 420 g/mol. The summed E-state index contributed by atoms with van der Waals surface area (Å²) in [7, 11) is 4.02. The number of fused-ring (bicyclic) bond motifs is 2. The quantitative estimate of drug-likeness (QED) is 0.595. The predicted octanol–water partition coefficient (Wildman–Crippen LogP) is 4.12. The molecule has 3 heterocycles. The van der Waals surface area contributed by atoms with Gasteiger partial charge in [0.25, 0.3) is 5.91 Å². The summed E-state index contributed by atoms with van der Waals surface area (Å²) in [4.78, 5) is 16.3. The number of para-hydroxylation sites is 1. The van der Waals surface area contributed by atoms with E-state index in [0.29, 0.717) is 18.8 Å². The number of nitrogens with one attached hydrogen (secondary N) is 1. The number of hydrogen-bond acceptors (Lipinski definition) is 5. The molecule has 3 aromatic rings. The second-order valence-corrected chi connectivity index (χ2v) is 9.55. The highest BCUT2D eigenvalue weighted by Crippen LogP contribution is 2.36. The second kappa shape index (κ2) is 8.56. The van der Waals surface area contributed by atoms with Crippen molar-refractivity contribution in [2.24, 2.45) is 7.05 Å². The molecule has 1 aromatic heterocycles. The smallest absolute Gasteiger partial charge is 0.268 e. The Morgan fingerprint density at radius 2 is 1.84 bits per heavy atom. The van der Waals surface area contributed by atoms with Crippen LogP contribution < -0.4 is 15.0 Å². The summed E-state index contributed by atoms with van der Waals surface area (Å²) in [6.07, 6.45) is 0. The molecule has 0 unspecified atom stereocenters. The number of aromatic nitrogens is 1. The zero-order valence-electron chi connectivity index (χ0n) is 18.7. The molecule has 166 valence electrons. The molecule has 1 amide bonds. The van der Waals surface area contributed by atoms with Gasteiger partial charge in [-0.05, 0) is 42.1 Å². The molecule has 1 N–H and O–H groups in total. The summed E-state index contributed by atoms with van der Waals surface area (Å²) in [5.41, 5.74) is 6.60. The van der Waals surface area contributed by atoms with Crippen molar-refractivity contribution in [3.05, 3.63) is 76.6 Å². The number of nitrogens with zero attached hydrogens (tertiary/aromatic N) is 3. The fourth-order valence-corrected chi connectivity index (χ4v) is 5.45. The zero-order valence-corrected chi connectivity index (χ0v) is 19.5. The van der Waals surface area contributed by atoms with Crippen LogP contribution in [0.5, 0.6) is 5.75 Å². The molecule has 0 bridgehead atoms. The SMILES string of the molecule is Cc1c(SN2Cc3ccccc3C2)cc(C(=O)NCc2cccc3c2OCCN3C)n1C. The molecule has 7 heteroatoms. The summed E-state index contributed by atoms with van der Waals surface area (Å²) in [5.74, 6) is 0.795. The number of rotatable bonds is 5. The molecule has 2 aliphatic heterocycles. The molecule has 32 heavy (non-hydrogen) atoms. The fraction of sp³-hybridized carbons (Fsp3) is 0.320. The highest BCUT2D eigenvalue weighted by molar-refractivity contribution is 7.97. The lowest BCUT2D eigenvalue weighted by atomic mass is 10.1. The summed E-state index contributed by atoms with van der Waals surface area (Å²) >= 11 is 1.73. The number of carbonyl (C=O) groups excluding carboxylic acids is 1. The van der Waals surface area contributed by atoms with Gasteiger partial charge in [0, 0.05) is 49.9 Å². The Balaban J connectivity index is 1.28. The van der Waals surface area contributed by atoms with Crippen molar-refractivity contribution >= 4 is 23.5 Å². The summed E-state index contributed by atoms with van der Waals surface area (Å²) in [6.45, 7) is 5.87. The first kappa shape index (κ1) is 21.0. The van der Waals surface area contributed by atoms with E-state index in [4.69, 9.17) is 4.74 Å². The van der Waals surface area contributed by atoms with Crippen LogP contribution in [0.4, 0.5) is 5.69 Å². The first-order valence-electron chi connectivity index (χ1n) is 10.9. The average molecular weight is 449 g/mol. The van der Waals surface area contributed by atoms with E-state index in [-0.39, 0.29) is 5.91 Å². The number of hydrogen-bond donors (Lipinski definition) is 1.